The highest BCUT2D eigenvalue weighted by atomic mass is 16.7. The van der Waals surface area contributed by atoms with E-state index in [-0.39, 0.29) is 0 Å². The van der Waals surface area contributed by atoms with Crippen molar-refractivity contribution in [2.24, 2.45) is 11.8 Å². The number of carbonyl (C=O) groups is 2. The molecule has 0 amide bonds. The summed E-state index contributed by atoms with van der Waals surface area (Å²) in [5.74, 6) is 1.68. The molecule has 0 N–H and O–H groups in total. The minimum atomic E-state index is -1.13. The molecule has 0 aromatic heterocycles. The van der Waals surface area contributed by atoms with Gasteiger partial charge in [-0.3, -0.25) is 0 Å². The van der Waals surface area contributed by atoms with Crippen LogP contribution in [0.15, 0.2) is 78.9 Å². The Bertz CT molecular complexity index is 1140. The first-order valence-corrected chi connectivity index (χ1v) is 14.6. The second-order valence-corrected chi connectivity index (χ2v) is 11.7. The molecule has 0 spiro atoms. The summed E-state index contributed by atoms with van der Waals surface area (Å²) < 4.78 is 11.5. The number of rotatable bonds is 7. The van der Waals surface area contributed by atoms with Gasteiger partial charge in [0.05, 0.1) is 11.1 Å². The van der Waals surface area contributed by atoms with Crippen LogP contribution in [-0.4, -0.2) is 11.9 Å². The Balaban J connectivity index is 1.25. The van der Waals surface area contributed by atoms with Crippen molar-refractivity contribution >= 4 is 11.9 Å². The quantitative estimate of drug-likeness (QED) is 0.229. The van der Waals surface area contributed by atoms with Gasteiger partial charge in [0.2, 0.25) is 0 Å². The summed E-state index contributed by atoms with van der Waals surface area (Å²) in [6.07, 6.45) is 8.64. The van der Waals surface area contributed by atoms with Crippen LogP contribution >= 0.6 is 0 Å². The van der Waals surface area contributed by atoms with E-state index in [9.17, 15) is 9.59 Å². The Morgan fingerprint density at radius 1 is 0.564 bits per heavy atom. The van der Waals surface area contributed by atoms with Crippen molar-refractivity contribution < 1.29 is 19.1 Å². The third kappa shape index (κ3) is 6.98. The van der Waals surface area contributed by atoms with Crippen molar-refractivity contribution in [2.75, 3.05) is 0 Å². The van der Waals surface area contributed by atoms with Crippen LogP contribution in [0.4, 0.5) is 0 Å². The molecule has 3 aromatic rings. The Hall–Kier alpha value is -3.40. The lowest BCUT2D eigenvalue weighted by molar-refractivity contribution is -0.0823. The number of esters is 2. The van der Waals surface area contributed by atoms with Gasteiger partial charge < -0.3 is 9.47 Å². The molecule has 0 saturated heterocycles. The van der Waals surface area contributed by atoms with Crippen LogP contribution in [0.25, 0.3) is 0 Å². The first-order chi connectivity index (χ1) is 19.0. The second kappa shape index (κ2) is 12.6. The standard InChI is InChI=1S/C35H40O4/c1-24-8-12-26(13-9-24)28-16-20-30(21-17-28)33(36)38-35(32-6-4-3-5-7-32)39-34(37)31-22-18-29(19-23-31)27-14-10-25(2)11-15-27/h3-7,16-27,35H,8-15H2,1-2H3. The van der Waals surface area contributed by atoms with E-state index in [0.717, 1.165) is 11.8 Å². The normalized spacial score (nSPS) is 23.9. The number of hydrogen-bond donors (Lipinski definition) is 0. The van der Waals surface area contributed by atoms with Crippen molar-refractivity contribution in [1.82, 2.24) is 0 Å². The summed E-state index contributed by atoms with van der Waals surface area (Å²) in [7, 11) is 0. The van der Waals surface area contributed by atoms with Gasteiger partial charge in [0, 0.05) is 5.56 Å². The predicted octanol–water partition coefficient (Wildman–Crippen LogP) is 8.99. The summed E-state index contributed by atoms with van der Waals surface area (Å²) in [5, 5.41) is 0. The highest BCUT2D eigenvalue weighted by molar-refractivity contribution is 5.91. The van der Waals surface area contributed by atoms with Crippen molar-refractivity contribution in [3.63, 3.8) is 0 Å². The lowest BCUT2D eigenvalue weighted by atomic mass is 9.79. The lowest BCUT2D eigenvalue weighted by Gasteiger charge is -2.26. The van der Waals surface area contributed by atoms with Crippen LogP contribution in [-0.2, 0) is 9.47 Å². The summed E-state index contributed by atoms with van der Waals surface area (Å²) in [5.41, 5.74) is 4.06. The first kappa shape index (κ1) is 27.2. The molecule has 4 nitrogen and oxygen atoms in total. The van der Waals surface area contributed by atoms with E-state index in [0.29, 0.717) is 28.5 Å². The smallest absolute Gasteiger partial charge is 0.341 e. The van der Waals surface area contributed by atoms with E-state index in [4.69, 9.17) is 9.47 Å². The van der Waals surface area contributed by atoms with Gasteiger partial charge in [0.1, 0.15) is 0 Å². The molecule has 0 radical (unpaired) electrons. The van der Waals surface area contributed by atoms with E-state index in [1.807, 2.05) is 66.7 Å². The Morgan fingerprint density at radius 2 is 0.949 bits per heavy atom. The van der Waals surface area contributed by atoms with Gasteiger partial charge in [-0.05, 0) is 84.7 Å². The number of ether oxygens (including phenoxy) is 2. The molecule has 0 heterocycles. The molecule has 4 heteroatoms. The molecular weight excluding hydrogens is 484 g/mol. The van der Waals surface area contributed by atoms with Gasteiger partial charge in [-0.25, -0.2) is 9.59 Å². The fourth-order valence-electron chi connectivity index (χ4n) is 6.07. The van der Waals surface area contributed by atoms with Crippen LogP contribution in [0.1, 0.15) is 121 Å². The average Bonchev–Trinajstić information content (AvgIpc) is 2.98. The van der Waals surface area contributed by atoms with Gasteiger partial charge >= 0.3 is 11.9 Å². The predicted molar refractivity (Wildman–Crippen MR) is 154 cm³/mol. The summed E-state index contributed by atoms with van der Waals surface area (Å²) in [6.45, 7) is 4.64. The third-order valence-electron chi connectivity index (χ3n) is 8.77. The first-order valence-electron chi connectivity index (χ1n) is 14.6. The van der Waals surface area contributed by atoms with Gasteiger partial charge in [-0.2, -0.15) is 0 Å². The summed E-state index contributed by atoms with van der Waals surface area (Å²) in [4.78, 5) is 26.2. The molecule has 0 unspecified atom stereocenters. The van der Waals surface area contributed by atoms with Gasteiger partial charge in [-0.15, -0.1) is 0 Å². The number of hydrogen-bond acceptors (Lipinski definition) is 4. The zero-order chi connectivity index (χ0) is 27.2. The molecule has 2 fully saturated rings. The van der Waals surface area contributed by atoms with E-state index in [1.165, 1.54) is 62.5 Å². The molecule has 0 bridgehead atoms. The third-order valence-corrected chi connectivity index (χ3v) is 8.77. The van der Waals surface area contributed by atoms with Crippen LogP contribution in [0.5, 0.6) is 0 Å². The van der Waals surface area contributed by atoms with E-state index >= 15 is 0 Å². The second-order valence-electron chi connectivity index (χ2n) is 11.7. The number of carbonyl (C=O) groups excluding carboxylic acids is 2. The fourth-order valence-corrected chi connectivity index (χ4v) is 6.07. The van der Waals surface area contributed by atoms with E-state index < -0.39 is 18.2 Å². The largest absolute Gasteiger partial charge is 0.417 e. The summed E-state index contributed by atoms with van der Waals surface area (Å²) >= 11 is 0. The van der Waals surface area contributed by atoms with Crippen molar-refractivity contribution in [1.29, 1.82) is 0 Å². The van der Waals surface area contributed by atoms with Gasteiger partial charge in [0.15, 0.2) is 0 Å². The Labute approximate surface area is 232 Å². The molecule has 2 aliphatic rings. The van der Waals surface area contributed by atoms with Crippen molar-refractivity contribution in [2.45, 2.75) is 83.3 Å². The van der Waals surface area contributed by atoms with E-state index in [2.05, 4.69) is 13.8 Å². The van der Waals surface area contributed by atoms with Crippen molar-refractivity contribution in [3.05, 3.63) is 107 Å². The van der Waals surface area contributed by atoms with Crippen LogP contribution in [0.2, 0.25) is 0 Å². The monoisotopic (exact) mass is 524 g/mol. The zero-order valence-electron chi connectivity index (χ0n) is 23.2. The van der Waals surface area contributed by atoms with Crippen LogP contribution in [0.3, 0.4) is 0 Å². The molecule has 5 rings (SSSR count). The SMILES string of the molecule is CC1CCC(c2ccc(C(=O)OC(OC(=O)c3ccc(C4CCC(C)CC4)cc3)c3ccccc3)cc2)CC1. The summed E-state index contributed by atoms with van der Waals surface area (Å²) in [6, 6.07) is 24.6. The average molecular weight is 525 g/mol. The highest BCUT2D eigenvalue weighted by Gasteiger charge is 2.25. The van der Waals surface area contributed by atoms with Crippen LogP contribution < -0.4 is 0 Å². The molecule has 0 atom stereocenters. The lowest BCUT2D eigenvalue weighted by Crippen LogP contribution is -2.19. The van der Waals surface area contributed by atoms with Gasteiger partial charge in [-0.1, -0.05) is 94.1 Å². The zero-order valence-corrected chi connectivity index (χ0v) is 23.2. The molecule has 3 aromatic carbocycles. The molecular formula is C35H40O4. The maximum Gasteiger partial charge on any atom is 0.341 e. The minimum absolute atomic E-state index is 0.450. The molecule has 2 aliphatic carbocycles. The molecule has 0 aliphatic heterocycles. The Kier molecular flexibility index (Phi) is 8.81. The highest BCUT2D eigenvalue weighted by Crippen LogP contribution is 2.37. The molecule has 2 saturated carbocycles. The maximum absolute atomic E-state index is 13.1. The molecule has 39 heavy (non-hydrogen) atoms. The Morgan fingerprint density at radius 3 is 1.33 bits per heavy atom. The molecule has 204 valence electrons. The van der Waals surface area contributed by atoms with Crippen molar-refractivity contribution in [3.8, 4) is 0 Å². The van der Waals surface area contributed by atoms with Crippen LogP contribution in [0, 0.1) is 11.8 Å². The van der Waals surface area contributed by atoms with E-state index in [1.54, 1.807) is 12.1 Å². The fraction of sp³-hybridized carbons (Fsp3) is 0.429. The maximum atomic E-state index is 13.1. The minimum Gasteiger partial charge on any atom is -0.417 e. The van der Waals surface area contributed by atoms with Gasteiger partial charge in [0.25, 0.3) is 6.29 Å². The topological polar surface area (TPSA) is 52.6 Å². The number of benzene rings is 3.